The maximum absolute atomic E-state index is 12.9. The number of carbonyl (C=O) groups is 1. The molecule has 0 unspecified atom stereocenters. The van der Waals surface area contributed by atoms with Crippen LogP contribution in [0.4, 0.5) is 5.69 Å². The predicted molar refractivity (Wildman–Crippen MR) is 110 cm³/mol. The third kappa shape index (κ3) is 5.82. The van der Waals surface area contributed by atoms with Crippen molar-refractivity contribution in [2.24, 2.45) is 0 Å². The van der Waals surface area contributed by atoms with Crippen molar-refractivity contribution in [1.29, 1.82) is 0 Å². The standard InChI is InChI=1S/C21H28N2O3S/c1-5-6-7-10-22-21(24)18-9-8-17(4)20(14-18)27(25,26)23-19-12-15(2)11-16(3)13-19/h8-9,11-14,23H,5-7,10H2,1-4H3,(H,22,24). The van der Waals surface area contributed by atoms with Crippen LogP contribution >= 0.6 is 0 Å². The average Bonchev–Trinajstić information content (AvgIpc) is 2.57. The molecule has 2 aromatic rings. The van der Waals surface area contributed by atoms with Crippen molar-refractivity contribution in [3.8, 4) is 0 Å². The molecule has 0 radical (unpaired) electrons. The third-order valence-corrected chi connectivity index (χ3v) is 5.80. The summed E-state index contributed by atoms with van der Waals surface area (Å²) in [5, 5.41) is 2.84. The van der Waals surface area contributed by atoms with Crippen LogP contribution in [0, 0.1) is 20.8 Å². The molecule has 0 aliphatic carbocycles. The second kappa shape index (κ2) is 9.04. The molecule has 1 amide bonds. The van der Waals surface area contributed by atoms with Gasteiger partial charge >= 0.3 is 0 Å². The van der Waals surface area contributed by atoms with E-state index in [9.17, 15) is 13.2 Å². The number of unbranched alkanes of at least 4 members (excludes halogenated alkanes) is 2. The van der Waals surface area contributed by atoms with E-state index >= 15 is 0 Å². The third-order valence-electron chi connectivity index (χ3n) is 4.28. The van der Waals surface area contributed by atoms with Crippen molar-refractivity contribution in [2.45, 2.75) is 51.9 Å². The SMILES string of the molecule is CCCCCNC(=O)c1ccc(C)c(S(=O)(=O)Nc2cc(C)cc(C)c2)c1. The highest BCUT2D eigenvalue weighted by Gasteiger charge is 2.19. The summed E-state index contributed by atoms with van der Waals surface area (Å²) in [6.45, 7) is 8.24. The summed E-state index contributed by atoms with van der Waals surface area (Å²) in [6, 6.07) is 10.3. The van der Waals surface area contributed by atoms with Gasteiger partial charge in [0.25, 0.3) is 15.9 Å². The zero-order valence-electron chi connectivity index (χ0n) is 16.4. The van der Waals surface area contributed by atoms with Gasteiger partial charge in [-0.15, -0.1) is 0 Å². The van der Waals surface area contributed by atoms with E-state index in [1.807, 2.05) is 19.9 Å². The zero-order valence-corrected chi connectivity index (χ0v) is 17.2. The van der Waals surface area contributed by atoms with E-state index in [1.165, 1.54) is 6.07 Å². The van der Waals surface area contributed by atoms with Crippen LogP contribution in [-0.4, -0.2) is 20.9 Å². The lowest BCUT2D eigenvalue weighted by molar-refractivity contribution is 0.0952. The van der Waals surface area contributed by atoms with Crippen molar-refractivity contribution in [1.82, 2.24) is 5.32 Å². The van der Waals surface area contributed by atoms with Crippen LogP contribution in [0.1, 0.15) is 53.2 Å². The fourth-order valence-corrected chi connectivity index (χ4v) is 4.27. The van der Waals surface area contributed by atoms with Gasteiger partial charge in [-0.2, -0.15) is 0 Å². The Morgan fingerprint density at radius 3 is 2.26 bits per heavy atom. The number of anilines is 1. The van der Waals surface area contributed by atoms with Gasteiger partial charge < -0.3 is 5.32 Å². The smallest absolute Gasteiger partial charge is 0.262 e. The van der Waals surface area contributed by atoms with Gasteiger partial charge in [0.05, 0.1) is 4.90 Å². The summed E-state index contributed by atoms with van der Waals surface area (Å²) >= 11 is 0. The number of aryl methyl sites for hydroxylation is 3. The maximum atomic E-state index is 12.9. The van der Waals surface area contributed by atoms with Crippen molar-refractivity contribution in [3.05, 3.63) is 58.7 Å². The van der Waals surface area contributed by atoms with Gasteiger partial charge in [-0.3, -0.25) is 9.52 Å². The summed E-state index contributed by atoms with van der Waals surface area (Å²) in [7, 11) is -3.79. The van der Waals surface area contributed by atoms with Gasteiger partial charge in [-0.25, -0.2) is 8.42 Å². The molecular weight excluding hydrogens is 360 g/mol. The number of hydrogen-bond donors (Lipinski definition) is 2. The molecule has 2 aromatic carbocycles. The Morgan fingerprint density at radius 1 is 0.963 bits per heavy atom. The first-order chi connectivity index (χ1) is 12.7. The lowest BCUT2D eigenvalue weighted by Gasteiger charge is -2.13. The summed E-state index contributed by atoms with van der Waals surface area (Å²) < 4.78 is 28.4. The molecule has 0 aliphatic heterocycles. The van der Waals surface area contributed by atoms with Gasteiger partial charge in [0.15, 0.2) is 0 Å². The topological polar surface area (TPSA) is 75.3 Å². The number of sulfonamides is 1. The Morgan fingerprint density at radius 2 is 1.63 bits per heavy atom. The molecule has 0 saturated heterocycles. The Balaban J connectivity index is 2.24. The molecule has 2 rings (SSSR count). The molecular formula is C21H28N2O3S. The highest BCUT2D eigenvalue weighted by Crippen LogP contribution is 2.22. The van der Waals surface area contributed by atoms with Crippen molar-refractivity contribution in [3.63, 3.8) is 0 Å². The lowest BCUT2D eigenvalue weighted by Crippen LogP contribution is -2.25. The molecule has 0 heterocycles. The fourth-order valence-electron chi connectivity index (χ4n) is 2.95. The van der Waals surface area contributed by atoms with E-state index in [4.69, 9.17) is 0 Å². The number of carbonyl (C=O) groups excluding carboxylic acids is 1. The molecule has 0 fully saturated rings. The first kappa shape index (κ1) is 21.0. The van der Waals surface area contributed by atoms with Gasteiger partial charge in [0, 0.05) is 17.8 Å². The maximum Gasteiger partial charge on any atom is 0.262 e. The Hall–Kier alpha value is -2.34. The number of hydrogen-bond acceptors (Lipinski definition) is 3. The number of amides is 1. The van der Waals surface area contributed by atoms with Gasteiger partial charge in [-0.1, -0.05) is 31.9 Å². The summed E-state index contributed by atoms with van der Waals surface area (Å²) in [4.78, 5) is 12.4. The number of rotatable bonds is 8. The zero-order chi connectivity index (χ0) is 20.0. The largest absolute Gasteiger partial charge is 0.352 e. The van der Waals surface area contributed by atoms with Crippen molar-refractivity contribution >= 4 is 21.6 Å². The summed E-state index contributed by atoms with van der Waals surface area (Å²) in [5.41, 5.74) is 3.41. The van der Waals surface area contributed by atoms with Gasteiger partial charge in [-0.05, 0) is 68.1 Å². The Bertz CT molecular complexity index is 901. The van der Waals surface area contributed by atoms with E-state index in [0.717, 1.165) is 30.4 Å². The van der Waals surface area contributed by atoms with E-state index in [0.29, 0.717) is 23.4 Å². The van der Waals surface area contributed by atoms with Crippen LogP contribution in [0.15, 0.2) is 41.3 Å². The molecule has 0 spiro atoms. The number of benzene rings is 2. The number of nitrogens with one attached hydrogen (secondary N) is 2. The average molecular weight is 389 g/mol. The lowest BCUT2D eigenvalue weighted by atomic mass is 10.1. The first-order valence-corrected chi connectivity index (χ1v) is 10.7. The summed E-state index contributed by atoms with van der Waals surface area (Å²) in [6.07, 6.45) is 3.04. The van der Waals surface area contributed by atoms with E-state index < -0.39 is 10.0 Å². The molecule has 5 nitrogen and oxygen atoms in total. The minimum Gasteiger partial charge on any atom is -0.352 e. The fraction of sp³-hybridized carbons (Fsp3) is 0.381. The van der Waals surface area contributed by atoms with Crippen LogP contribution in [-0.2, 0) is 10.0 Å². The van der Waals surface area contributed by atoms with Crippen molar-refractivity contribution < 1.29 is 13.2 Å². The highest BCUT2D eigenvalue weighted by molar-refractivity contribution is 7.92. The Labute approximate surface area is 162 Å². The van der Waals surface area contributed by atoms with Gasteiger partial charge in [0.2, 0.25) is 0 Å². The molecule has 0 atom stereocenters. The molecule has 0 aromatic heterocycles. The quantitative estimate of drug-likeness (QED) is 0.661. The molecule has 0 bridgehead atoms. The second-order valence-electron chi connectivity index (χ2n) is 6.93. The highest BCUT2D eigenvalue weighted by atomic mass is 32.2. The van der Waals surface area contributed by atoms with Crippen LogP contribution in [0.25, 0.3) is 0 Å². The Kier molecular flexibility index (Phi) is 7.02. The van der Waals surface area contributed by atoms with E-state index in [-0.39, 0.29) is 10.8 Å². The molecule has 146 valence electrons. The van der Waals surface area contributed by atoms with Crippen molar-refractivity contribution in [2.75, 3.05) is 11.3 Å². The van der Waals surface area contributed by atoms with E-state index in [1.54, 1.807) is 31.2 Å². The van der Waals surface area contributed by atoms with Crippen LogP contribution in [0.5, 0.6) is 0 Å². The molecule has 0 saturated carbocycles. The summed E-state index contributed by atoms with van der Waals surface area (Å²) in [5.74, 6) is -0.256. The molecule has 27 heavy (non-hydrogen) atoms. The monoisotopic (exact) mass is 388 g/mol. The second-order valence-corrected chi connectivity index (χ2v) is 8.58. The predicted octanol–water partition coefficient (Wildman–Crippen LogP) is 4.33. The van der Waals surface area contributed by atoms with Gasteiger partial charge in [0.1, 0.15) is 0 Å². The molecule has 2 N–H and O–H groups in total. The van der Waals surface area contributed by atoms with Crippen LogP contribution in [0.2, 0.25) is 0 Å². The molecule has 0 aliphatic rings. The van der Waals surface area contributed by atoms with Crippen LogP contribution in [0.3, 0.4) is 0 Å². The first-order valence-electron chi connectivity index (χ1n) is 9.23. The normalized spacial score (nSPS) is 11.3. The van der Waals surface area contributed by atoms with Crippen LogP contribution < -0.4 is 10.0 Å². The molecule has 6 heteroatoms. The minimum absolute atomic E-state index is 0.114. The minimum atomic E-state index is -3.79. The van der Waals surface area contributed by atoms with E-state index in [2.05, 4.69) is 17.0 Å².